The summed E-state index contributed by atoms with van der Waals surface area (Å²) in [6.45, 7) is 13.3. The Morgan fingerprint density at radius 3 is 2.45 bits per heavy atom. The van der Waals surface area contributed by atoms with Crippen LogP contribution in [0.25, 0.3) is 0 Å². The first-order valence-corrected chi connectivity index (χ1v) is 20.3. The van der Waals surface area contributed by atoms with Crippen LogP contribution in [0.4, 0.5) is 0 Å². The van der Waals surface area contributed by atoms with Crippen molar-refractivity contribution in [1.82, 2.24) is 4.90 Å². The molecule has 0 radical (unpaired) electrons. The molecule has 0 spiro atoms. The molecule has 14 atom stereocenters. The number of likely N-dealkylation sites (N-methyl/N-ethyl adjacent to an activating group) is 1. The number of fused-ring (bicyclic) bond motifs is 4. The molecule has 4 aliphatic heterocycles. The van der Waals surface area contributed by atoms with Gasteiger partial charge in [-0.1, -0.05) is 32.9 Å². The van der Waals surface area contributed by atoms with Gasteiger partial charge in [0.2, 0.25) is 6.10 Å². The third kappa shape index (κ3) is 9.26. The van der Waals surface area contributed by atoms with Crippen molar-refractivity contribution in [3.8, 4) is 6.07 Å². The van der Waals surface area contributed by atoms with E-state index >= 15 is 0 Å². The molecule has 2 N–H and O–H groups in total. The number of hydrogen-bond donors (Lipinski definition) is 2. The number of amides is 1. The average molecular weight is 803 g/mol. The molecule has 4 aliphatic rings. The van der Waals surface area contributed by atoms with E-state index in [-0.39, 0.29) is 50.3 Å². The number of rotatable bonds is 6. The number of cyclic esters (lactones) is 1. The Labute approximate surface area is 333 Å². The summed E-state index contributed by atoms with van der Waals surface area (Å²) in [4.78, 5) is 56.2. The van der Waals surface area contributed by atoms with Crippen LogP contribution in [0.2, 0.25) is 0 Å². The Hall–Kier alpha value is -3.14. The number of ether oxygens (including phenoxy) is 5. The van der Waals surface area contributed by atoms with Crippen LogP contribution < -0.4 is 0 Å². The number of nitriles is 1. The van der Waals surface area contributed by atoms with E-state index in [2.05, 4.69) is 11.2 Å². The van der Waals surface area contributed by atoms with Gasteiger partial charge in [0, 0.05) is 34.9 Å². The van der Waals surface area contributed by atoms with Gasteiger partial charge in [-0.3, -0.25) is 14.4 Å². The standard InChI is InChI=1S/C40H58N4O11S/c1-11-30-40(8,49)35-22(4)31-20(2)16-39(7,51-19-25(18-50-35)43-55-29(36(47)42-31)15-26-12-13-27(17-41)56-26)34(23(5)32(45)24(6)37(48)53-30)54-38-33(46)28(44(9)10)14-21(3)52-38/h12-13,20-24,28-30,33-35,38,46,49H,11,14-16,18-19H2,1-10H3/b42-31?,43-25-/t20-,21-,22+,23+,24-,28+,29?,30-,33-,34-,35-,38+,39-,40-/m1/s1. The first-order valence-electron chi connectivity index (χ1n) is 19.5. The SMILES string of the molecule is CC[C@H]1OC(=O)[C@H](C)C(=O)[C@H](C)[C@@H](O[C@@H]2O[C@H](C)C[C@H](N(C)C)[C@H]2O)[C@@]2(C)C[C@@H](C)C3=NC(=O)C(Cc4ccc(C#N)s4)O/N=C(/CO[C@H]([C@H]3C)[C@]1(C)O)CO2. The molecule has 310 valence electrons. The van der Waals surface area contributed by atoms with Gasteiger partial charge in [-0.2, -0.15) is 5.26 Å². The van der Waals surface area contributed by atoms with Gasteiger partial charge in [0.25, 0.3) is 5.91 Å². The first-order chi connectivity index (χ1) is 26.3. The number of thiophene rings is 1. The predicted molar refractivity (Wildman–Crippen MR) is 206 cm³/mol. The van der Waals surface area contributed by atoms with Gasteiger partial charge in [0.15, 0.2) is 12.1 Å². The van der Waals surface area contributed by atoms with Crippen molar-refractivity contribution in [3.63, 3.8) is 0 Å². The molecule has 0 saturated carbocycles. The summed E-state index contributed by atoms with van der Waals surface area (Å²) in [6.07, 6.45) is -6.10. The van der Waals surface area contributed by atoms with E-state index in [4.69, 9.17) is 33.5 Å². The number of carbonyl (C=O) groups is 3. The maximum Gasteiger partial charge on any atom is 0.316 e. The summed E-state index contributed by atoms with van der Waals surface area (Å²) in [5, 5.41) is 37.7. The van der Waals surface area contributed by atoms with Crippen molar-refractivity contribution in [1.29, 1.82) is 5.26 Å². The molecule has 3 fully saturated rings. The largest absolute Gasteiger partial charge is 0.459 e. The molecule has 0 aromatic carbocycles. The van der Waals surface area contributed by atoms with Crippen LogP contribution in [0.3, 0.4) is 0 Å². The lowest BCUT2D eigenvalue weighted by molar-refractivity contribution is -0.296. The Morgan fingerprint density at radius 1 is 1.09 bits per heavy atom. The van der Waals surface area contributed by atoms with Crippen LogP contribution in [-0.2, 0) is 49.3 Å². The summed E-state index contributed by atoms with van der Waals surface area (Å²) in [6, 6.07) is 5.23. The lowest BCUT2D eigenvalue weighted by atomic mass is 9.73. The average Bonchev–Trinajstić information content (AvgIpc) is 3.60. The molecule has 15 nitrogen and oxygen atoms in total. The fourth-order valence-electron chi connectivity index (χ4n) is 8.66. The van der Waals surface area contributed by atoms with Crippen LogP contribution in [0.1, 0.15) is 84.4 Å². The highest BCUT2D eigenvalue weighted by molar-refractivity contribution is 7.12. The maximum absolute atomic E-state index is 14.4. The van der Waals surface area contributed by atoms with Crippen molar-refractivity contribution in [2.45, 2.75) is 141 Å². The number of aliphatic hydroxyl groups is 2. The number of oxime groups is 1. The molecular weight excluding hydrogens is 745 g/mol. The van der Waals surface area contributed by atoms with Crippen LogP contribution in [-0.4, -0.2) is 132 Å². The number of esters is 1. The maximum atomic E-state index is 14.4. The van der Waals surface area contributed by atoms with Crippen LogP contribution in [0.5, 0.6) is 0 Å². The monoisotopic (exact) mass is 802 g/mol. The molecule has 1 amide bonds. The van der Waals surface area contributed by atoms with Gasteiger partial charge in [0.05, 0.1) is 37.1 Å². The quantitative estimate of drug-likeness (QED) is 0.314. The lowest BCUT2D eigenvalue weighted by Gasteiger charge is -2.47. The summed E-state index contributed by atoms with van der Waals surface area (Å²) < 4.78 is 32.2. The molecular formula is C40H58N4O11S. The third-order valence-electron chi connectivity index (χ3n) is 11.8. The minimum atomic E-state index is -1.84. The van der Waals surface area contributed by atoms with E-state index in [1.165, 1.54) is 25.2 Å². The molecule has 5 heterocycles. The zero-order valence-electron chi connectivity index (χ0n) is 34.1. The highest BCUT2D eigenvalue weighted by Crippen LogP contribution is 2.40. The highest BCUT2D eigenvalue weighted by atomic mass is 32.1. The van der Waals surface area contributed by atoms with E-state index in [9.17, 15) is 29.9 Å². The lowest BCUT2D eigenvalue weighted by Crippen LogP contribution is -2.60. The number of ketones is 1. The summed E-state index contributed by atoms with van der Waals surface area (Å²) >= 11 is 1.24. The van der Waals surface area contributed by atoms with Gasteiger partial charge < -0.3 is 43.6 Å². The van der Waals surface area contributed by atoms with E-state index < -0.39 is 89.3 Å². The topological polar surface area (TPSA) is 199 Å². The van der Waals surface area contributed by atoms with Crippen LogP contribution >= 0.6 is 11.3 Å². The summed E-state index contributed by atoms with van der Waals surface area (Å²) in [5.74, 6) is -5.52. The zero-order chi connectivity index (χ0) is 41.3. The third-order valence-corrected chi connectivity index (χ3v) is 12.8. The van der Waals surface area contributed by atoms with Crippen LogP contribution in [0.15, 0.2) is 22.3 Å². The van der Waals surface area contributed by atoms with Gasteiger partial charge in [-0.15, -0.1) is 11.3 Å². The number of hydrogen-bond acceptors (Lipinski definition) is 15. The van der Waals surface area contributed by atoms with E-state index in [0.29, 0.717) is 17.0 Å². The number of carbonyl (C=O) groups excluding carboxylic acids is 3. The smallest absolute Gasteiger partial charge is 0.316 e. The van der Waals surface area contributed by atoms with Crippen molar-refractivity contribution in [2.24, 2.45) is 33.8 Å². The minimum absolute atomic E-state index is 0.0970. The number of Topliss-reactive ketones (excluding diaryl/α,β-unsaturated/α-hetero) is 1. The summed E-state index contributed by atoms with van der Waals surface area (Å²) in [7, 11) is 3.73. The minimum Gasteiger partial charge on any atom is -0.459 e. The molecule has 1 aromatic rings. The van der Waals surface area contributed by atoms with Gasteiger partial charge >= 0.3 is 5.97 Å². The molecule has 16 heteroatoms. The number of aliphatic imine (C=N–C) groups is 1. The highest BCUT2D eigenvalue weighted by Gasteiger charge is 2.53. The fraction of sp³-hybridized carbons (Fsp3) is 0.750. The summed E-state index contributed by atoms with van der Waals surface area (Å²) in [5.41, 5.74) is -2.63. The molecule has 3 saturated heterocycles. The second-order valence-corrected chi connectivity index (χ2v) is 17.7. The second kappa shape index (κ2) is 17.8. The van der Waals surface area contributed by atoms with E-state index in [1.807, 2.05) is 32.8 Å². The van der Waals surface area contributed by atoms with Gasteiger partial charge in [-0.05, 0) is 79.1 Å². The van der Waals surface area contributed by atoms with E-state index in [0.717, 1.165) is 4.88 Å². The Balaban J connectivity index is 1.70. The van der Waals surface area contributed by atoms with Gasteiger partial charge in [-0.25, -0.2) is 4.99 Å². The molecule has 4 bridgehead atoms. The van der Waals surface area contributed by atoms with Crippen molar-refractivity contribution in [2.75, 3.05) is 27.3 Å². The Bertz CT molecular complexity index is 1710. The van der Waals surface area contributed by atoms with Crippen molar-refractivity contribution in [3.05, 3.63) is 21.9 Å². The Morgan fingerprint density at radius 2 is 1.80 bits per heavy atom. The Kier molecular flexibility index (Phi) is 14.0. The van der Waals surface area contributed by atoms with Crippen LogP contribution in [0, 0.1) is 35.0 Å². The first kappa shape index (κ1) is 44.0. The molecule has 1 aromatic heterocycles. The normalized spacial score (nSPS) is 41.3. The predicted octanol–water partition coefficient (Wildman–Crippen LogP) is 3.46. The fourth-order valence-corrected chi connectivity index (χ4v) is 9.50. The molecule has 0 aliphatic carbocycles. The van der Waals surface area contributed by atoms with Crippen molar-refractivity contribution >= 4 is 40.4 Å². The number of aliphatic hydroxyl groups excluding tert-OH is 1. The zero-order valence-corrected chi connectivity index (χ0v) is 34.9. The molecule has 5 rings (SSSR count). The second-order valence-electron chi connectivity index (χ2n) is 16.5. The van der Waals surface area contributed by atoms with E-state index in [1.54, 1.807) is 39.8 Å². The van der Waals surface area contributed by atoms with Crippen molar-refractivity contribution < 1.29 is 53.1 Å². The molecule has 56 heavy (non-hydrogen) atoms. The number of nitrogens with zero attached hydrogens (tertiary/aromatic N) is 4. The van der Waals surface area contributed by atoms with Gasteiger partial charge in [0.1, 0.15) is 40.4 Å². The molecule has 1 unspecified atom stereocenters.